The van der Waals surface area contributed by atoms with Crippen molar-refractivity contribution in [1.29, 1.82) is 0 Å². The Balaban J connectivity index is 2.54. The highest BCUT2D eigenvalue weighted by molar-refractivity contribution is 9.10. The molecule has 0 aliphatic carbocycles. The Kier molecular flexibility index (Phi) is 2.61. The number of aryl methyl sites for hydroxylation is 2. The van der Waals surface area contributed by atoms with E-state index >= 15 is 0 Å². The van der Waals surface area contributed by atoms with Gasteiger partial charge in [0.2, 0.25) is 0 Å². The normalized spacial score (nSPS) is 10.7. The first-order valence-corrected chi connectivity index (χ1v) is 5.36. The molecule has 1 aromatic heterocycles. The van der Waals surface area contributed by atoms with Gasteiger partial charge in [-0.3, -0.25) is 0 Å². The first-order chi connectivity index (χ1) is 7.08. The Bertz CT molecular complexity index is 505. The number of halogens is 2. The molecule has 1 heterocycles. The van der Waals surface area contributed by atoms with Gasteiger partial charge >= 0.3 is 0 Å². The van der Waals surface area contributed by atoms with Gasteiger partial charge in [-0.1, -0.05) is 0 Å². The zero-order valence-corrected chi connectivity index (χ0v) is 10.0. The maximum atomic E-state index is 13.0. The van der Waals surface area contributed by atoms with Gasteiger partial charge in [0.05, 0.1) is 10.2 Å². The van der Waals surface area contributed by atoms with Crippen LogP contribution in [0.4, 0.5) is 4.39 Å². The van der Waals surface area contributed by atoms with Crippen LogP contribution in [0, 0.1) is 19.7 Å². The monoisotopic (exact) mass is 268 g/mol. The molecule has 2 nitrogen and oxygen atoms in total. The molecule has 0 aliphatic heterocycles. The van der Waals surface area contributed by atoms with E-state index in [4.69, 9.17) is 0 Å². The number of H-pyrrole nitrogens is 1. The van der Waals surface area contributed by atoms with Gasteiger partial charge in [0.1, 0.15) is 11.6 Å². The van der Waals surface area contributed by atoms with Crippen LogP contribution >= 0.6 is 15.9 Å². The molecule has 0 atom stereocenters. The second kappa shape index (κ2) is 3.77. The van der Waals surface area contributed by atoms with Crippen LogP contribution in [0.5, 0.6) is 0 Å². The molecule has 1 aromatic carbocycles. The largest absolute Gasteiger partial charge is 0.346 e. The first-order valence-electron chi connectivity index (χ1n) is 4.56. The Morgan fingerprint density at radius 3 is 2.60 bits per heavy atom. The second-order valence-electron chi connectivity index (χ2n) is 3.42. The minimum Gasteiger partial charge on any atom is -0.346 e. The minimum atomic E-state index is -0.260. The molecule has 1 N–H and O–H groups in total. The number of benzene rings is 1. The minimum absolute atomic E-state index is 0.260. The molecule has 4 heteroatoms. The third-order valence-electron chi connectivity index (χ3n) is 2.20. The molecule has 0 spiro atoms. The van der Waals surface area contributed by atoms with Crippen LogP contribution in [0.1, 0.15) is 11.5 Å². The number of nitrogens with one attached hydrogen (secondary N) is 1. The average Bonchev–Trinajstić information content (AvgIpc) is 2.50. The summed E-state index contributed by atoms with van der Waals surface area (Å²) in [6.07, 6.45) is 0. The van der Waals surface area contributed by atoms with Crippen LogP contribution < -0.4 is 0 Å². The summed E-state index contributed by atoms with van der Waals surface area (Å²) in [6.45, 7) is 3.85. The summed E-state index contributed by atoms with van der Waals surface area (Å²) in [7, 11) is 0. The van der Waals surface area contributed by atoms with Crippen LogP contribution in [0.2, 0.25) is 0 Å². The molecular weight excluding hydrogens is 259 g/mol. The molecule has 0 saturated heterocycles. The van der Waals surface area contributed by atoms with E-state index in [9.17, 15) is 4.39 Å². The average molecular weight is 269 g/mol. The van der Waals surface area contributed by atoms with Crippen molar-refractivity contribution in [3.8, 4) is 11.3 Å². The van der Waals surface area contributed by atoms with Crippen molar-refractivity contribution in [1.82, 2.24) is 9.97 Å². The summed E-state index contributed by atoms with van der Waals surface area (Å²) in [5.74, 6) is 0.603. The Morgan fingerprint density at radius 1 is 1.33 bits per heavy atom. The summed E-state index contributed by atoms with van der Waals surface area (Å²) in [5, 5.41) is 0. The number of aromatic amines is 1. The van der Waals surface area contributed by atoms with Gasteiger partial charge in [-0.25, -0.2) is 9.37 Å². The van der Waals surface area contributed by atoms with Crippen molar-refractivity contribution in [3.05, 3.63) is 40.0 Å². The fraction of sp³-hybridized carbons (Fsp3) is 0.182. The smallest absolute Gasteiger partial charge is 0.137 e. The van der Waals surface area contributed by atoms with Gasteiger partial charge in [-0.15, -0.1) is 0 Å². The van der Waals surface area contributed by atoms with Crippen LogP contribution in [-0.4, -0.2) is 9.97 Å². The summed E-state index contributed by atoms with van der Waals surface area (Å²) in [6, 6.07) is 4.89. The fourth-order valence-electron chi connectivity index (χ4n) is 1.53. The predicted octanol–water partition coefficient (Wildman–Crippen LogP) is 3.60. The molecular formula is C11H10BrFN2. The van der Waals surface area contributed by atoms with E-state index in [0.717, 1.165) is 22.8 Å². The van der Waals surface area contributed by atoms with Crippen molar-refractivity contribution in [2.45, 2.75) is 13.8 Å². The summed E-state index contributed by atoms with van der Waals surface area (Å²) in [5.41, 5.74) is 2.77. The lowest BCUT2D eigenvalue weighted by Gasteiger charge is -2.00. The van der Waals surface area contributed by atoms with Crippen molar-refractivity contribution < 1.29 is 4.39 Å². The third kappa shape index (κ3) is 1.95. The van der Waals surface area contributed by atoms with Crippen molar-refractivity contribution >= 4 is 15.9 Å². The SMILES string of the molecule is Cc1nc(-c2ccc(F)c(Br)c2)c(C)[nH]1. The number of hydrogen-bond acceptors (Lipinski definition) is 1. The van der Waals surface area contributed by atoms with Crippen LogP contribution in [0.25, 0.3) is 11.3 Å². The number of rotatable bonds is 1. The summed E-state index contributed by atoms with van der Waals surface area (Å²) in [4.78, 5) is 7.47. The molecule has 0 aliphatic rings. The van der Waals surface area contributed by atoms with E-state index in [1.54, 1.807) is 12.1 Å². The second-order valence-corrected chi connectivity index (χ2v) is 4.28. The van der Waals surface area contributed by atoms with Gasteiger partial charge in [0.25, 0.3) is 0 Å². The number of imidazole rings is 1. The van der Waals surface area contributed by atoms with Crippen molar-refractivity contribution in [3.63, 3.8) is 0 Å². The van der Waals surface area contributed by atoms with Crippen LogP contribution in [-0.2, 0) is 0 Å². The van der Waals surface area contributed by atoms with Gasteiger partial charge in [0.15, 0.2) is 0 Å². The standard InChI is InChI=1S/C11H10BrFN2/c1-6-11(15-7(2)14-6)8-3-4-10(13)9(12)5-8/h3-5H,1-2H3,(H,14,15). The zero-order valence-electron chi connectivity index (χ0n) is 8.44. The van der Waals surface area contributed by atoms with Crippen molar-refractivity contribution in [2.24, 2.45) is 0 Å². The van der Waals surface area contributed by atoms with Gasteiger partial charge in [-0.05, 0) is 48.0 Å². The van der Waals surface area contributed by atoms with E-state index in [2.05, 4.69) is 25.9 Å². The van der Waals surface area contributed by atoms with Crippen molar-refractivity contribution in [2.75, 3.05) is 0 Å². The molecule has 0 saturated carbocycles. The highest BCUT2D eigenvalue weighted by Gasteiger charge is 2.08. The quantitative estimate of drug-likeness (QED) is 0.841. The fourth-order valence-corrected chi connectivity index (χ4v) is 1.91. The molecule has 0 radical (unpaired) electrons. The lowest BCUT2D eigenvalue weighted by Crippen LogP contribution is -1.84. The molecule has 0 fully saturated rings. The topological polar surface area (TPSA) is 28.7 Å². The van der Waals surface area contributed by atoms with E-state index in [0.29, 0.717) is 4.47 Å². The highest BCUT2D eigenvalue weighted by Crippen LogP contribution is 2.25. The van der Waals surface area contributed by atoms with E-state index in [1.165, 1.54) is 6.07 Å². The summed E-state index contributed by atoms with van der Waals surface area (Å²) < 4.78 is 13.5. The number of hydrogen-bond donors (Lipinski definition) is 1. The molecule has 0 unspecified atom stereocenters. The predicted molar refractivity (Wildman–Crippen MR) is 61.2 cm³/mol. The maximum absolute atomic E-state index is 13.0. The van der Waals surface area contributed by atoms with Crippen LogP contribution in [0.15, 0.2) is 22.7 Å². The zero-order chi connectivity index (χ0) is 11.0. The number of aromatic nitrogens is 2. The lowest BCUT2D eigenvalue weighted by atomic mass is 10.1. The Labute approximate surface area is 95.7 Å². The number of nitrogens with zero attached hydrogens (tertiary/aromatic N) is 1. The molecule has 2 aromatic rings. The molecule has 78 valence electrons. The van der Waals surface area contributed by atoms with E-state index < -0.39 is 0 Å². The highest BCUT2D eigenvalue weighted by atomic mass is 79.9. The first kappa shape index (κ1) is 10.4. The van der Waals surface area contributed by atoms with E-state index in [-0.39, 0.29) is 5.82 Å². The molecule has 2 rings (SSSR count). The van der Waals surface area contributed by atoms with Gasteiger partial charge in [0, 0.05) is 11.3 Å². The van der Waals surface area contributed by atoms with Gasteiger partial charge < -0.3 is 4.98 Å². The molecule has 0 bridgehead atoms. The van der Waals surface area contributed by atoms with Gasteiger partial charge in [-0.2, -0.15) is 0 Å². The lowest BCUT2D eigenvalue weighted by molar-refractivity contribution is 0.621. The Morgan fingerprint density at radius 2 is 2.07 bits per heavy atom. The molecule has 15 heavy (non-hydrogen) atoms. The van der Waals surface area contributed by atoms with E-state index in [1.807, 2.05) is 13.8 Å². The van der Waals surface area contributed by atoms with Crippen LogP contribution in [0.3, 0.4) is 0 Å². The summed E-state index contributed by atoms with van der Waals surface area (Å²) >= 11 is 3.16. The molecule has 0 amide bonds. The third-order valence-corrected chi connectivity index (χ3v) is 2.80. The maximum Gasteiger partial charge on any atom is 0.137 e. The Hall–Kier alpha value is -1.16.